The molecule has 8 heteroatoms. The summed E-state index contributed by atoms with van der Waals surface area (Å²) in [6.07, 6.45) is 1.35. The highest BCUT2D eigenvalue weighted by Crippen LogP contribution is 2.20. The number of amides is 1. The van der Waals surface area contributed by atoms with E-state index in [9.17, 15) is 9.59 Å². The van der Waals surface area contributed by atoms with Crippen LogP contribution in [0, 0.1) is 0 Å². The minimum Gasteiger partial charge on any atom is -0.478 e. The second-order valence-corrected chi connectivity index (χ2v) is 4.21. The number of hydrogen-bond acceptors (Lipinski definition) is 6. The number of nitrogens with two attached hydrogens (primary N) is 1. The molecule has 4 N–H and O–H groups in total. The Morgan fingerprint density at radius 2 is 2.14 bits per heavy atom. The normalized spacial score (nSPS) is 10.5. The minimum absolute atomic E-state index is 0.131. The van der Waals surface area contributed by atoms with E-state index in [4.69, 9.17) is 15.6 Å². The zero-order valence-electron chi connectivity index (χ0n) is 11.1. The lowest BCUT2D eigenvalue weighted by Crippen LogP contribution is -2.20. The van der Waals surface area contributed by atoms with Crippen LogP contribution >= 0.6 is 0 Å². The van der Waals surface area contributed by atoms with E-state index >= 15 is 0 Å². The molecular formula is C13H14N4O4. The Morgan fingerprint density at radius 3 is 2.86 bits per heavy atom. The number of primary amides is 1. The molecule has 0 spiro atoms. The molecule has 2 aromatic rings. The van der Waals surface area contributed by atoms with Gasteiger partial charge in [0.05, 0.1) is 17.7 Å². The van der Waals surface area contributed by atoms with Gasteiger partial charge in [-0.15, -0.1) is 0 Å². The quantitative estimate of drug-likeness (QED) is 0.623. The molecule has 0 saturated heterocycles. The summed E-state index contributed by atoms with van der Waals surface area (Å²) < 4.78 is 5.02. The van der Waals surface area contributed by atoms with Crippen LogP contribution in [0.15, 0.2) is 24.5 Å². The number of hydrogen-bond donors (Lipinski definition) is 3. The Hall–Kier alpha value is -2.74. The molecule has 0 bridgehead atoms. The van der Waals surface area contributed by atoms with Crippen LogP contribution in [0.3, 0.4) is 0 Å². The van der Waals surface area contributed by atoms with Gasteiger partial charge in [0, 0.05) is 11.9 Å². The monoisotopic (exact) mass is 290 g/mol. The van der Waals surface area contributed by atoms with Crippen LogP contribution in [-0.2, 0) is 9.53 Å². The average Bonchev–Trinajstić information content (AvgIpc) is 2.46. The van der Waals surface area contributed by atoms with Gasteiger partial charge in [-0.3, -0.25) is 4.79 Å². The highest BCUT2D eigenvalue weighted by atomic mass is 16.5. The summed E-state index contributed by atoms with van der Waals surface area (Å²) in [5.41, 5.74) is 5.64. The van der Waals surface area contributed by atoms with Crippen molar-refractivity contribution in [2.24, 2.45) is 5.73 Å². The number of carbonyl (C=O) groups excluding carboxylic acids is 1. The van der Waals surface area contributed by atoms with Gasteiger partial charge in [-0.1, -0.05) is 0 Å². The van der Waals surface area contributed by atoms with E-state index in [1.165, 1.54) is 18.5 Å². The molecule has 0 aliphatic heterocycles. The van der Waals surface area contributed by atoms with Crippen LogP contribution in [0.5, 0.6) is 0 Å². The number of carboxylic acids is 1. The fourth-order valence-corrected chi connectivity index (χ4v) is 1.75. The summed E-state index contributed by atoms with van der Waals surface area (Å²) in [5, 5.41) is 12.7. The van der Waals surface area contributed by atoms with Gasteiger partial charge < -0.3 is 20.9 Å². The highest BCUT2D eigenvalue weighted by Gasteiger charge is 2.07. The van der Waals surface area contributed by atoms with Gasteiger partial charge in [-0.05, 0) is 18.2 Å². The van der Waals surface area contributed by atoms with Gasteiger partial charge in [0.2, 0.25) is 5.91 Å². The summed E-state index contributed by atoms with van der Waals surface area (Å²) in [4.78, 5) is 29.6. The number of aromatic carboxylic acids is 1. The Balaban J connectivity index is 2.06. The molecule has 0 fully saturated rings. The number of fused-ring (bicyclic) bond motifs is 1. The number of aromatic nitrogens is 2. The molecule has 1 aromatic carbocycles. The van der Waals surface area contributed by atoms with Gasteiger partial charge in [0.1, 0.15) is 18.8 Å². The summed E-state index contributed by atoms with van der Waals surface area (Å²) in [6, 6.07) is 4.61. The van der Waals surface area contributed by atoms with Crippen molar-refractivity contribution in [1.29, 1.82) is 0 Å². The van der Waals surface area contributed by atoms with Crippen LogP contribution in [0.2, 0.25) is 0 Å². The van der Waals surface area contributed by atoms with Crippen LogP contribution in [0.4, 0.5) is 5.82 Å². The number of nitrogens with zero attached hydrogens (tertiary/aromatic N) is 2. The second-order valence-electron chi connectivity index (χ2n) is 4.21. The zero-order valence-corrected chi connectivity index (χ0v) is 11.1. The van der Waals surface area contributed by atoms with Crippen LogP contribution in [0.25, 0.3) is 10.9 Å². The molecule has 1 aromatic heterocycles. The SMILES string of the molecule is NC(=O)COCCNc1ncnc2cc(C(=O)O)ccc12. The number of carbonyl (C=O) groups is 2. The van der Waals surface area contributed by atoms with Gasteiger partial charge in [-0.25, -0.2) is 14.8 Å². The third kappa shape index (κ3) is 3.86. The predicted octanol–water partition coefficient (Wildman–Crippen LogP) is 0.242. The summed E-state index contributed by atoms with van der Waals surface area (Å²) >= 11 is 0. The summed E-state index contributed by atoms with van der Waals surface area (Å²) in [5.74, 6) is -0.965. The van der Waals surface area contributed by atoms with E-state index in [0.717, 1.165) is 0 Å². The predicted molar refractivity (Wildman–Crippen MR) is 75.0 cm³/mol. The molecule has 0 aliphatic carbocycles. The van der Waals surface area contributed by atoms with E-state index in [-0.39, 0.29) is 12.2 Å². The van der Waals surface area contributed by atoms with Gasteiger partial charge in [0.25, 0.3) is 0 Å². The fraction of sp³-hybridized carbons (Fsp3) is 0.231. The highest BCUT2D eigenvalue weighted by molar-refractivity contribution is 5.96. The molecule has 1 heterocycles. The molecule has 1 amide bonds. The van der Waals surface area contributed by atoms with Gasteiger partial charge >= 0.3 is 5.97 Å². The summed E-state index contributed by atoms with van der Waals surface area (Å²) in [7, 11) is 0. The van der Waals surface area contributed by atoms with Crippen molar-refractivity contribution in [3.63, 3.8) is 0 Å². The van der Waals surface area contributed by atoms with E-state index < -0.39 is 11.9 Å². The first-order valence-corrected chi connectivity index (χ1v) is 6.16. The standard InChI is InChI=1S/C13H14N4O4/c14-11(18)6-21-4-3-15-12-9-2-1-8(13(19)20)5-10(9)16-7-17-12/h1-2,5,7H,3-4,6H2,(H2,14,18)(H,19,20)(H,15,16,17). The van der Waals surface area contributed by atoms with Crippen molar-refractivity contribution in [3.8, 4) is 0 Å². The fourth-order valence-electron chi connectivity index (χ4n) is 1.75. The van der Waals surface area contributed by atoms with Crippen LogP contribution < -0.4 is 11.1 Å². The first kappa shape index (κ1) is 14.7. The number of carboxylic acid groups (broad SMARTS) is 1. The van der Waals surface area contributed by atoms with Crippen molar-refractivity contribution < 1.29 is 19.4 Å². The molecule has 0 radical (unpaired) electrons. The van der Waals surface area contributed by atoms with Crippen molar-refractivity contribution >= 4 is 28.6 Å². The number of ether oxygens (including phenoxy) is 1. The average molecular weight is 290 g/mol. The van der Waals surface area contributed by atoms with Gasteiger partial charge in [0.15, 0.2) is 0 Å². The third-order valence-corrected chi connectivity index (χ3v) is 2.67. The molecule has 0 saturated carbocycles. The number of rotatable bonds is 7. The largest absolute Gasteiger partial charge is 0.478 e. The van der Waals surface area contributed by atoms with Gasteiger partial charge in [-0.2, -0.15) is 0 Å². The van der Waals surface area contributed by atoms with E-state index in [1.807, 2.05) is 0 Å². The number of nitrogens with one attached hydrogen (secondary N) is 1. The molecule has 0 atom stereocenters. The first-order valence-electron chi connectivity index (χ1n) is 6.16. The Kier molecular flexibility index (Phi) is 4.62. The number of anilines is 1. The van der Waals surface area contributed by atoms with E-state index in [1.54, 1.807) is 6.07 Å². The Labute approximate surface area is 119 Å². The molecule has 21 heavy (non-hydrogen) atoms. The maximum atomic E-state index is 10.9. The molecule has 0 unspecified atom stereocenters. The molecule has 0 aliphatic rings. The van der Waals surface area contributed by atoms with Crippen molar-refractivity contribution in [2.75, 3.05) is 25.1 Å². The zero-order chi connectivity index (χ0) is 15.2. The van der Waals surface area contributed by atoms with Crippen LogP contribution in [-0.4, -0.2) is 46.7 Å². The third-order valence-electron chi connectivity index (χ3n) is 2.67. The maximum absolute atomic E-state index is 10.9. The van der Waals surface area contributed by atoms with E-state index in [0.29, 0.717) is 29.9 Å². The smallest absolute Gasteiger partial charge is 0.335 e. The second kappa shape index (κ2) is 6.62. The number of benzene rings is 1. The Morgan fingerprint density at radius 1 is 1.33 bits per heavy atom. The Bertz CT molecular complexity index is 674. The summed E-state index contributed by atoms with van der Waals surface area (Å²) in [6.45, 7) is 0.593. The molecular weight excluding hydrogens is 276 g/mol. The lowest BCUT2D eigenvalue weighted by molar-refractivity contribution is -0.122. The van der Waals surface area contributed by atoms with Crippen molar-refractivity contribution in [3.05, 3.63) is 30.1 Å². The minimum atomic E-state index is -1.01. The lowest BCUT2D eigenvalue weighted by Gasteiger charge is -2.08. The maximum Gasteiger partial charge on any atom is 0.335 e. The molecule has 8 nitrogen and oxygen atoms in total. The topological polar surface area (TPSA) is 127 Å². The lowest BCUT2D eigenvalue weighted by atomic mass is 10.1. The van der Waals surface area contributed by atoms with E-state index in [2.05, 4.69) is 15.3 Å². The molecule has 2 rings (SSSR count). The molecule has 110 valence electrons. The van der Waals surface area contributed by atoms with Crippen LogP contribution in [0.1, 0.15) is 10.4 Å². The van der Waals surface area contributed by atoms with Crippen molar-refractivity contribution in [1.82, 2.24) is 9.97 Å². The first-order chi connectivity index (χ1) is 10.1. The van der Waals surface area contributed by atoms with Crippen molar-refractivity contribution in [2.45, 2.75) is 0 Å².